The van der Waals surface area contributed by atoms with Gasteiger partial charge in [-0.3, -0.25) is 9.78 Å². The van der Waals surface area contributed by atoms with Crippen LogP contribution in [-0.2, 0) is 5.54 Å². The molecular weight excluding hydrogens is 276 g/mol. The summed E-state index contributed by atoms with van der Waals surface area (Å²) in [5.74, 6) is 0. The number of nitrogens with zero attached hydrogens (tertiary/aromatic N) is 4. The predicted octanol–water partition coefficient (Wildman–Crippen LogP) is 1.52. The van der Waals surface area contributed by atoms with E-state index in [2.05, 4.69) is 26.7 Å². The lowest BCUT2D eigenvalue weighted by Crippen LogP contribution is -2.60. The molecule has 2 aromatic rings. The fourth-order valence-electron chi connectivity index (χ4n) is 2.52. The average Bonchev–Trinajstić information content (AvgIpc) is 2.90. The minimum atomic E-state index is -0.185. The van der Waals surface area contributed by atoms with Gasteiger partial charge in [0.05, 0.1) is 24.4 Å². The number of nitrogens with one attached hydrogen (secondary N) is 2. The van der Waals surface area contributed by atoms with Crippen molar-refractivity contribution in [1.29, 1.82) is 5.26 Å². The van der Waals surface area contributed by atoms with Gasteiger partial charge in [0.15, 0.2) is 0 Å². The van der Waals surface area contributed by atoms with Gasteiger partial charge in [0.25, 0.3) is 0 Å². The molecule has 1 aliphatic rings. The van der Waals surface area contributed by atoms with Crippen LogP contribution in [0.25, 0.3) is 11.1 Å². The molecule has 0 unspecified atom stereocenters. The number of halogens is 1. The number of aryl methyl sites for hydroxylation is 2. The third-order valence-electron chi connectivity index (χ3n) is 3.82. The zero-order valence-electron chi connectivity index (χ0n) is 11.5. The number of hydrogen-bond acceptors (Lipinski definition) is 4. The molecule has 0 aromatic carbocycles. The average molecular weight is 293 g/mol. The molecule has 106 valence electrons. The van der Waals surface area contributed by atoms with Crippen LogP contribution in [0.2, 0.25) is 0 Å². The zero-order chi connectivity index (χ0) is 13.5. The van der Waals surface area contributed by atoms with Crippen LogP contribution in [0.1, 0.15) is 17.8 Å². The van der Waals surface area contributed by atoms with Crippen LogP contribution < -0.4 is 5.32 Å². The van der Waals surface area contributed by atoms with E-state index >= 15 is 0 Å². The third-order valence-corrected chi connectivity index (χ3v) is 3.82. The van der Waals surface area contributed by atoms with E-state index in [1.54, 1.807) is 0 Å². The van der Waals surface area contributed by atoms with Gasteiger partial charge in [-0.05, 0) is 13.8 Å². The maximum Gasteiger partial charge on any atom is 0.100 e. The van der Waals surface area contributed by atoms with Gasteiger partial charge < -0.3 is 5.32 Å². The minimum Gasteiger partial charge on any atom is -0.312 e. The van der Waals surface area contributed by atoms with Gasteiger partial charge in [-0.25, -0.2) is 0 Å². The summed E-state index contributed by atoms with van der Waals surface area (Å²) in [4.78, 5) is 0. The van der Waals surface area contributed by atoms with Gasteiger partial charge in [0.1, 0.15) is 5.54 Å². The Kier molecular flexibility index (Phi) is 3.84. The normalized spacial score (nSPS) is 16.1. The molecule has 2 N–H and O–H groups in total. The van der Waals surface area contributed by atoms with Gasteiger partial charge in [0.2, 0.25) is 0 Å². The molecular formula is C13H17ClN6. The number of nitriles is 1. The Morgan fingerprint density at radius 1 is 1.40 bits per heavy atom. The quantitative estimate of drug-likeness (QED) is 0.899. The number of hydrogen-bond donors (Lipinski definition) is 2. The molecule has 7 heteroatoms. The van der Waals surface area contributed by atoms with Gasteiger partial charge in [-0.1, -0.05) is 0 Å². The zero-order valence-corrected chi connectivity index (χ0v) is 12.3. The van der Waals surface area contributed by atoms with Crippen molar-refractivity contribution in [2.45, 2.75) is 25.8 Å². The van der Waals surface area contributed by atoms with E-state index in [-0.39, 0.29) is 17.9 Å². The maximum atomic E-state index is 9.00. The summed E-state index contributed by atoms with van der Waals surface area (Å²) in [7, 11) is 0. The number of H-pyrrole nitrogens is 1. The van der Waals surface area contributed by atoms with Crippen LogP contribution in [0.4, 0.5) is 0 Å². The minimum absolute atomic E-state index is 0. The Morgan fingerprint density at radius 2 is 2.15 bits per heavy atom. The molecule has 1 aliphatic heterocycles. The van der Waals surface area contributed by atoms with Crippen LogP contribution in [0, 0.1) is 25.2 Å². The standard InChI is InChI=1S/C13H16N6.ClH/c1-9-11(5-16-17-9)12-6-19(18-10(12)2)13(3-4-14)7-15-8-13;/h5-6,15H,3,7-8H2,1-2H3,(H,16,17);1H. The van der Waals surface area contributed by atoms with Crippen LogP contribution in [0.15, 0.2) is 12.4 Å². The Labute approximate surface area is 123 Å². The second-order valence-electron chi connectivity index (χ2n) is 5.14. The summed E-state index contributed by atoms with van der Waals surface area (Å²) >= 11 is 0. The lowest BCUT2D eigenvalue weighted by atomic mass is 9.89. The highest BCUT2D eigenvalue weighted by atomic mass is 35.5. The molecule has 0 saturated carbocycles. The van der Waals surface area contributed by atoms with Gasteiger partial charge in [-0.2, -0.15) is 15.5 Å². The fraction of sp³-hybridized carbons (Fsp3) is 0.462. The van der Waals surface area contributed by atoms with Crippen molar-refractivity contribution in [2.75, 3.05) is 13.1 Å². The summed E-state index contributed by atoms with van der Waals surface area (Å²) in [5.41, 5.74) is 3.96. The Balaban J connectivity index is 0.00000147. The van der Waals surface area contributed by atoms with Crippen LogP contribution in [-0.4, -0.2) is 33.1 Å². The van der Waals surface area contributed by atoms with E-state index in [0.717, 1.165) is 35.6 Å². The molecule has 0 aliphatic carbocycles. The lowest BCUT2D eigenvalue weighted by Gasteiger charge is -2.41. The summed E-state index contributed by atoms with van der Waals surface area (Å²) in [6.07, 6.45) is 4.33. The van der Waals surface area contributed by atoms with Gasteiger partial charge in [0, 0.05) is 36.1 Å². The van der Waals surface area contributed by atoms with Crippen molar-refractivity contribution >= 4 is 12.4 Å². The van der Waals surface area contributed by atoms with Crippen LogP contribution >= 0.6 is 12.4 Å². The van der Waals surface area contributed by atoms with Crippen molar-refractivity contribution in [3.8, 4) is 17.2 Å². The molecule has 20 heavy (non-hydrogen) atoms. The molecule has 2 aromatic heterocycles. The second-order valence-corrected chi connectivity index (χ2v) is 5.14. The van der Waals surface area contributed by atoms with Gasteiger partial charge >= 0.3 is 0 Å². The van der Waals surface area contributed by atoms with Crippen molar-refractivity contribution in [1.82, 2.24) is 25.3 Å². The highest BCUT2D eigenvalue weighted by Crippen LogP contribution is 2.30. The number of rotatable bonds is 3. The second kappa shape index (κ2) is 5.27. The molecule has 0 atom stereocenters. The van der Waals surface area contributed by atoms with E-state index in [9.17, 15) is 0 Å². The first kappa shape index (κ1) is 14.6. The molecule has 3 heterocycles. The SMILES string of the molecule is Cc1nn(C2(CC#N)CNC2)cc1-c1cn[nH]c1C.Cl. The van der Waals surface area contributed by atoms with E-state index in [4.69, 9.17) is 5.26 Å². The molecule has 0 bridgehead atoms. The fourth-order valence-corrected chi connectivity index (χ4v) is 2.52. The predicted molar refractivity (Wildman–Crippen MR) is 77.6 cm³/mol. The highest BCUT2D eigenvalue weighted by Gasteiger charge is 2.40. The van der Waals surface area contributed by atoms with Gasteiger partial charge in [-0.15, -0.1) is 12.4 Å². The molecule has 0 amide bonds. The smallest absolute Gasteiger partial charge is 0.100 e. The molecule has 6 nitrogen and oxygen atoms in total. The number of aromatic amines is 1. The van der Waals surface area contributed by atoms with Crippen LogP contribution in [0.3, 0.4) is 0 Å². The monoisotopic (exact) mass is 292 g/mol. The molecule has 0 radical (unpaired) electrons. The van der Waals surface area contributed by atoms with E-state index in [1.165, 1.54) is 0 Å². The van der Waals surface area contributed by atoms with Crippen molar-refractivity contribution < 1.29 is 0 Å². The molecule has 0 spiro atoms. The van der Waals surface area contributed by atoms with Crippen molar-refractivity contribution in [3.63, 3.8) is 0 Å². The summed E-state index contributed by atoms with van der Waals surface area (Å²) < 4.78 is 1.95. The first-order chi connectivity index (χ1) is 9.16. The van der Waals surface area contributed by atoms with Crippen molar-refractivity contribution in [2.24, 2.45) is 0 Å². The summed E-state index contributed by atoms with van der Waals surface area (Å²) in [5, 5.41) is 23.8. The summed E-state index contributed by atoms with van der Waals surface area (Å²) in [6, 6.07) is 2.26. The highest BCUT2D eigenvalue weighted by molar-refractivity contribution is 5.85. The topological polar surface area (TPSA) is 82.3 Å². The third kappa shape index (κ3) is 2.09. The Bertz CT molecular complexity index is 646. The first-order valence-corrected chi connectivity index (χ1v) is 6.31. The van der Waals surface area contributed by atoms with E-state index in [1.807, 2.05) is 30.9 Å². The Hall–Kier alpha value is -1.84. The van der Waals surface area contributed by atoms with E-state index in [0.29, 0.717) is 6.42 Å². The first-order valence-electron chi connectivity index (χ1n) is 6.31. The van der Waals surface area contributed by atoms with Crippen LogP contribution in [0.5, 0.6) is 0 Å². The maximum absolute atomic E-state index is 9.00. The largest absolute Gasteiger partial charge is 0.312 e. The summed E-state index contributed by atoms with van der Waals surface area (Å²) in [6.45, 7) is 5.58. The molecule has 3 rings (SSSR count). The molecule has 1 fully saturated rings. The molecule has 1 saturated heterocycles. The Morgan fingerprint density at radius 3 is 2.65 bits per heavy atom. The number of aromatic nitrogens is 4. The van der Waals surface area contributed by atoms with E-state index < -0.39 is 0 Å². The van der Waals surface area contributed by atoms with Crippen molar-refractivity contribution in [3.05, 3.63) is 23.8 Å². The lowest BCUT2D eigenvalue weighted by molar-refractivity contribution is 0.160.